The molecule has 3 nitrogen and oxygen atoms in total. The van der Waals surface area contributed by atoms with Crippen LogP contribution in [0.1, 0.15) is 30.4 Å². The minimum Gasteiger partial charge on any atom is -0.207 e. The Kier molecular flexibility index (Phi) is 3.47. The molecule has 1 fully saturated rings. The molecule has 1 aliphatic carbocycles. The highest BCUT2D eigenvalue weighted by Crippen LogP contribution is 2.31. The lowest BCUT2D eigenvalue weighted by Crippen LogP contribution is -2.41. The van der Waals surface area contributed by atoms with Crippen molar-refractivity contribution in [2.75, 3.05) is 7.05 Å². The second-order valence-electron chi connectivity index (χ2n) is 4.97. The number of sulfonamides is 1. The molecule has 0 spiro atoms. The van der Waals surface area contributed by atoms with Gasteiger partial charge in [-0.1, -0.05) is 6.42 Å². The van der Waals surface area contributed by atoms with Gasteiger partial charge in [-0.3, -0.25) is 0 Å². The van der Waals surface area contributed by atoms with Crippen molar-refractivity contribution in [2.45, 2.75) is 44.0 Å². The lowest BCUT2D eigenvalue weighted by molar-refractivity contribution is 0.249. The van der Waals surface area contributed by atoms with Crippen LogP contribution in [0.4, 0.5) is 4.39 Å². The molecule has 0 N–H and O–H groups in total. The lowest BCUT2D eigenvalue weighted by atomic mass is 9.94. The zero-order chi connectivity index (χ0) is 13.5. The molecule has 1 aromatic carbocycles. The summed E-state index contributed by atoms with van der Waals surface area (Å²) in [7, 11) is -1.90. The number of halogens is 1. The summed E-state index contributed by atoms with van der Waals surface area (Å²) in [6.07, 6.45) is 2.90. The molecule has 5 heteroatoms. The van der Waals surface area contributed by atoms with Gasteiger partial charge in [0.2, 0.25) is 10.0 Å². The maximum absolute atomic E-state index is 13.2. The van der Waals surface area contributed by atoms with Crippen LogP contribution in [-0.4, -0.2) is 25.8 Å². The van der Waals surface area contributed by atoms with E-state index in [1.165, 1.54) is 16.4 Å². The molecular formula is C13H18FNO2S. The van der Waals surface area contributed by atoms with Gasteiger partial charge in [-0.2, -0.15) is 4.31 Å². The Morgan fingerprint density at radius 2 is 1.72 bits per heavy atom. The standard InChI is InChI=1S/C13H18FNO2S/c1-9-7-11(14)8-10(2)13(9)18(16,17)15(3)12-5-4-6-12/h7-8,12H,4-6H2,1-3H3. The van der Waals surface area contributed by atoms with Crippen molar-refractivity contribution < 1.29 is 12.8 Å². The fourth-order valence-electron chi connectivity index (χ4n) is 2.39. The van der Waals surface area contributed by atoms with Gasteiger partial charge in [-0.15, -0.1) is 0 Å². The van der Waals surface area contributed by atoms with E-state index in [-0.39, 0.29) is 10.9 Å². The van der Waals surface area contributed by atoms with Gasteiger partial charge in [0.25, 0.3) is 0 Å². The molecule has 0 unspecified atom stereocenters. The molecule has 1 aromatic rings. The largest absolute Gasteiger partial charge is 0.243 e. The summed E-state index contributed by atoms with van der Waals surface area (Å²) >= 11 is 0. The Morgan fingerprint density at radius 3 is 2.11 bits per heavy atom. The SMILES string of the molecule is Cc1cc(F)cc(C)c1S(=O)(=O)N(C)C1CCC1. The number of rotatable bonds is 3. The normalized spacial score (nSPS) is 16.9. The van der Waals surface area contributed by atoms with Gasteiger partial charge >= 0.3 is 0 Å². The summed E-state index contributed by atoms with van der Waals surface area (Å²) in [6.45, 7) is 3.27. The Hall–Kier alpha value is -0.940. The van der Waals surface area contributed by atoms with Crippen LogP contribution in [0.3, 0.4) is 0 Å². The van der Waals surface area contributed by atoms with Crippen LogP contribution >= 0.6 is 0 Å². The third kappa shape index (κ3) is 2.17. The molecule has 0 heterocycles. The summed E-state index contributed by atoms with van der Waals surface area (Å²) in [4.78, 5) is 0.248. The van der Waals surface area contributed by atoms with Crippen LogP contribution in [0, 0.1) is 19.7 Å². The van der Waals surface area contributed by atoms with Crippen molar-refractivity contribution in [1.82, 2.24) is 4.31 Å². The van der Waals surface area contributed by atoms with E-state index in [9.17, 15) is 12.8 Å². The monoisotopic (exact) mass is 271 g/mol. The van der Waals surface area contributed by atoms with Crippen LogP contribution < -0.4 is 0 Å². The van der Waals surface area contributed by atoms with Crippen LogP contribution in [0.5, 0.6) is 0 Å². The number of aryl methyl sites for hydroxylation is 2. The first-order chi connectivity index (χ1) is 8.34. The fraction of sp³-hybridized carbons (Fsp3) is 0.538. The van der Waals surface area contributed by atoms with Crippen LogP contribution in [0.25, 0.3) is 0 Å². The highest BCUT2D eigenvalue weighted by Gasteiger charge is 2.33. The van der Waals surface area contributed by atoms with Crippen molar-refractivity contribution in [3.8, 4) is 0 Å². The predicted octanol–water partition coefficient (Wildman–Crippen LogP) is 2.62. The van der Waals surface area contributed by atoms with E-state index in [0.29, 0.717) is 11.1 Å². The highest BCUT2D eigenvalue weighted by atomic mass is 32.2. The Labute approximate surface area is 108 Å². The van der Waals surface area contributed by atoms with E-state index in [1.807, 2.05) is 0 Å². The maximum Gasteiger partial charge on any atom is 0.243 e. The van der Waals surface area contributed by atoms with E-state index in [4.69, 9.17) is 0 Å². The molecule has 2 rings (SSSR count). The minimum atomic E-state index is -3.51. The van der Waals surface area contributed by atoms with Gasteiger partial charge in [0.1, 0.15) is 5.82 Å². The molecular weight excluding hydrogens is 253 g/mol. The molecule has 18 heavy (non-hydrogen) atoms. The summed E-state index contributed by atoms with van der Waals surface area (Å²) < 4.78 is 39.7. The van der Waals surface area contributed by atoms with Crippen molar-refractivity contribution in [1.29, 1.82) is 0 Å². The molecule has 0 amide bonds. The quantitative estimate of drug-likeness (QED) is 0.847. The Bertz CT molecular complexity index is 541. The van der Waals surface area contributed by atoms with Gasteiger partial charge in [0, 0.05) is 13.1 Å². The number of nitrogens with zero attached hydrogens (tertiary/aromatic N) is 1. The molecule has 1 saturated carbocycles. The molecule has 0 atom stereocenters. The second kappa shape index (κ2) is 4.63. The van der Waals surface area contributed by atoms with Gasteiger partial charge < -0.3 is 0 Å². The zero-order valence-electron chi connectivity index (χ0n) is 10.9. The van der Waals surface area contributed by atoms with E-state index in [1.54, 1.807) is 20.9 Å². The van der Waals surface area contributed by atoms with Crippen molar-refractivity contribution in [2.24, 2.45) is 0 Å². The van der Waals surface area contributed by atoms with Gasteiger partial charge in [-0.25, -0.2) is 12.8 Å². The molecule has 100 valence electrons. The van der Waals surface area contributed by atoms with E-state index in [0.717, 1.165) is 19.3 Å². The maximum atomic E-state index is 13.2. The van der Waals surface area contributed by atoms with E-state index >= 15 is 0 Å². The summed E-state index contributed by atoms with van der Waals surface area (Å²) in [6, 6.07) is 2.64. The first kappa shape index (κ1) is 13.5. The topological polar surface area (TPSA) is 37.4 Å². The van der Waals surface area contributed by atoms with Crippen LogP contribution in [-0.2, 0) is 10.0 Å². The van der Waals surface area contributed by atoms with Crippen LogP contribution in [0.2, 0.25) is 0 Å². The van der Waals surface area contributed by atoms with E-state index < -0.39 is 15.8 Å². The smallest absolute Gasteiger partial charge is 0.207 e. The molecule has 0 saturated heterocycles. The summed E-state index contributed by atoms with van der Waals surface area (Å²) in [5.41, 5.74) is 0.942. The van der Waals surface area contributed by atoms with Gasteiger partial charge in [-0.05, 0) is 49.9 Å². The van der Waals surface area contributed by atoms with Crippen molar-refractivity contribution >= 4 is 10.0 Å². The van der Waals surface area contributed by atoms with Crippen LogP contribution in [0.15, 0.2) is 17.0 Å². The average Bonchev–Trinajstić information content (AvgIpc) is 2.11. The predicted molar refractivity (Wildman–Crippen MR) is 68.5 cm³/mol. The number of hydrogen-bond acceptors (Lipinski definition) is 2. The average molecular weight is 271 g/mol. The highest BCUT2D eigenvalue weighted by molar-refractivity contribution is 7.89. The van der Waals surface area contributed by atoms with Crippen molar-refractivity contribution in [3.63, 3.8) is 0 Å². The van der Waals surface area contributed by atoms with Gasteiger partial charge in [0.05, 0.1) is 4.90 Å². The Balaban J connectivity index is 2.47. The molecule has 0 aromatic heterocycles. The third-order valence-corrected chi connectivity index (χ3v) is 5.87. The first-order valence-electron chi connectivity index (χ1n) is 6.09. The second-order valence-corrected chi connectivity index (χ2v) is 6.91. The lowest BCUT2D eigenvalue weighted by Gasteiger charge is -2.34. The number of hydrogen-bond donors (Lipinski definition) is 0. The number of benzene rings is 1. The van der Waals surface area contributed by atoms with E-state index in [2.05, 4.69) is 0 Å². The molecule has 0 bridgehead atoms. The summed E-state index contributed by atoms with van der Waals surface area (Å²) in [5.74, 6) is -0.393. The molecule has 1 aliphatic rings. The molecule has 0 aliphatic heterocycles. The molecule has 0 radical (unpaired) electrons. The third-order valence-electron chi connectivity index (χ3n) is 3.65. The first-order valence-corrected chi connectivity index (χ1v) is 7.53. The fourth-order valence-corrected chi connectivity index (χ4v) is 4.22. The summed E-state index contributed by atoms with van der Waals surface area (Å²) in [5, 5.41) is 0. The van der Waals surface area contributed by atoms with Crippen molar-refractivity contribution in [3.05, 3.63) is 29.1 Å². The zero-order valence-corrected chi connectivity index (χ0v) is 11.7. The minimum absolute atomic E-state index is 0.0962. The Morgan fingerprint density at radius 1 is 1.22 bits per heavy atom. The van der Waals surface area contributed by atoms with Gasteiger partial charge in [0.15, 0.2) is 0 Å².